The van der Waals surface area contributed by atoms with Gasteiger partial charge in [0.1, 0.15) is 5.41 Å². The fraction of sp³-hybridized carbons (Fsp3) is 0.500. The molecule has 0 radical (unpaired) electrons. The Morgan fingerprint density at radius 2 is 1.86 bits per heavy atom. The Bertz CT molecular complexity index is 527. The summed E-state index contributed by atoms with van der Waals surface area (Å²) in [7, 11) is 0. The number of benzene rings is 1. The maximum atomic E-state index is 12.2. The first-order valence-electron chi connectivity index (χ1n) is 7.39. The minimum atomic E-state index is -0.816. The van der Waals surface area contributed by atoms with E-state index in [9.17, 15) is 9.59 Å². The van der Waals surface area contributed by atoms with Gasteiger partial charge in [0.25, 0.3) is 0 Å². The van der Waals surface area contributed by atoms with Crippen LogP contribution in [0.4, 0.5) is 0 Å². The lowest BCUT2D eigenvalue weighted by molar-refractivity contribution is -0.137. The summed E-state index contributed by atoms with van der Waals surface area (Å²) < 4.78 is 0. The molecule has 0 heterocycles. The summed E-state index contributed by atoms with van der Waals surface area (Å²) in [4.78, 5) is 24.2. The Kier molecular flexibility index (Phi) is 5.23. The molecule has 1 aromatic carbocycles. The molecule has 1 aliphatic rings. The molecule has 0 aromatic heterocycles. The molecule has 0 saturated heterocycles. The van der Waals surface area contributed by atoms with Crippen LogP contribution in [0.15, 0.2) is 24.3 Å². The summed E-state index contributed by atoms with van der Waals surface area (Å²) >= 11 is 5.92. The highest BCUT2D eigenvalue weighted by Gasteiger charge is 2.56. The van der Waals surface area contributed by atoms with Crippen molar-refractivity contribution in [2.24, 2.45) is 5.41 Å². The molecule has 5 heteroatoms. The van der Waals surface area contributed by atoms with Gasteiger partial charge in [0.15, 0.2) is 0 Å². The lowest BCUT2D eigenvalue weighted by atomic mass is 10.0. The molecule has 0 atom stereocenters. The van der Waals surface area contributed by atoms with Crippen molar-refractivity contribution in [3.63, 3.8) is 0 Å². The molecule has 21 heavy (non-hydrogen) atoms. The van der Waals surface area contributed by atoms with E-state index in [0.29, 0.717) is 37.4 Å². The van der Waals surface area contributed by atoms with E-state index in [1.165, 1.54) is 0 Å². The van der Waals surface area contributed by atoms with Gasteiger partial charge in [-0.3, -0.25) is 9.59 Å². The highest BCUT2D eigenvalue weighted by atomic mass is 35.5. The average molecular weight is 309 g/mol. The summed E-state index contributed by atoms with van der Waals surface area (Å²) in [5, 5.41) is 6.37. The first kappa shape index (κ1) is 15.8. The van der Waals surface area contributed by atoms with Crippen molar-refractivity contribution in [2.45, 2.75) is 32.6 Å². The van der Waals surface area contributed by atoms with Crippen LogP contribution in [0.25, 0.3) is 0 Å². The molecule has 2 rings (SSSR count). The van der Waals surface area contributed by atoms with Gasteiger partial charge in [-0.15, -0.1) is 0 Å². The number of hydrogen-bond acceptors (Lipinski definition) is 2. The Hall–Kier alpha value is -1.55. The van der Waals surface area contributed by atoms with E-state index in [2.05, 4.69) is 10.6 Å². The van der Waals surface area contributed by atoms with Gasteiger partial charge in [-0.05, 0) is 43.4 Å². The van der Waals surface area contributed by atoms with Crippen LogP contribution in [0.5, 0.6) is 0 Å². The summed E-state index contributed by atoms with van der Waals surface area (Å²) in [5.74, 6) is -0.289. The molecule has 0 bridgehead atoms. The lowest BCUT2D eigenvalue weighted by Crippen LogP contribution is -2.43. The van der Waals surface area contributed by atoms with Crippen LogP contribution in [0.1, 0.15) is 31.7 Å². The molecule has 0 spiro atoms. The zero-order chi connectivity index (χ0) is 15.3. The second-order valence-electron chi connectivity index (χ2n) is 5.47. The highest BCUT2D eigenvalue weighted by Crippen LogP contribution is 2.46. The first-order valence-corrected chi connectivity index (χ1v) is 7.77. The van der Waals surface area contributed by atoms with Crippen molar-refractivity contribution >= 4 is 23.4 Å². The summed E-state index contributed by atoms with van der Waals surface area (Å²) in [6.45, 7) is 3.13. The summed E-state index contributed by atoms with van der Waals surface area (Å²) in [6.07, 6.45) is 2.87. The zero-order valence-electron chi connectivity index (χ0n) is 12.2. The number of hydrogen-bond donors (Lipinski definition) is 2. The van der Waals surface area contributed by atoms with Gasteiger partial charge in [-0.2, -0.15) is 0 Å². The third-order valence-electron chi connectivity index (χ3n) is 3.74. The van der Waals surface area contributed by atoms with E-state index in [1.807, 2.05) is 31.2 Å². The minimum Gasteiger partial charge on any atom is -0.355 e. The zero-order valence-corrected chi connectivity index (χ0v) is 13.0. The van der Waals surface area contributed by atoms with Crippen molar-refractivity contribution in [3.05, 3.63) is 34.9 Å². The van der Waals surface area contributed by atoms with Gasteiger partial charge in [0.2, 0.25) is 11.8 Å². The molecular formula is C16H21ClN2O2. The lowest BCUT2D eigenvalue weighted by Gasteiger charge is -2.15. The van der Waals surface area contributed by atoms with E-state index < -0.39 is 5.41 Å². The first-order chi connectivity index (χ1) is 10.1. The second-order valence-corrected chi connectivity index (χ2v) is 5.91. The van der Waals surface area contributed by atoms with Gasteiger partial charge in [0.05, 0.1) is 0 Å². The van der Waals surface area contributed by atoms with Crippen molar-refractivity contribution in [1.29, 1.82) is 0 Å². The largest absolute Gasteiger partial charge is 0.355 e. The number of carbonyl (C=O) groups is 2. The molecule has 0 aliphatic heterocycles. The number of amides is 2. The van der Waals surface area contributed by atoms with E-state index in [0.717, 1.165) is 12.0 Å². The van der Waals surface area contributed by atoms with Crippen LogP contribution in [0.3, 0.4) is 0 Å². The van der Waals surface area contributed by atoms with E-state index in [4.69, 9.17) is 11.6 Å². The normalized spacial score (nSPS) is 15.3. The molecule has 4 nitrogen and oxygen atoms in total. The third-order valence-corrected chi connectivity index (χ3v) is 3.98. The standard InChI is InChI=1S/C16H21ClN2O2/c1-2-9-18-14(20)16(7-8-16)15(21)19-10-6-12-4-3-5-13(17)11-12/h3-5,11H,2,6-10H2,1H3,(H,18,20)(H,19,21). The predicted molar refractivity (Wildman–Crippen MR) is 83.1 cm³/mol. The maximum Gasteiger partial charge on any atom is 0.235 e. The second kappa shape index (κ2) is 6.94. The van der Waals surface area contributed by atoms with Gasteiger partial charge in [-0.25, -0.2) is 0 Å². The molecule has 2 amide bonds. The Morgan fingerprint density at radius 1 is 1.19 bits per heavy atom. The quantitative estimate of drug-likeness (QED) is 0.759. The number of halogens is 1. The van der Waals surface area contributed by atoms with Gasteiger partial charge in [0, 0.05) is 18.1 Å². The topological polar surface area (TPSA) is 58.2 Å². The van der Waals surface area contributed by atoms with E-state index >= 15 is 0 Å². The van der Waals surface area contributed by atoms with Gasteiger partial charge in [-0.1, -0.05) is 30.7 Å². The van der Waals surface area contributed by atoms with Crippen LogP contribution in [0, 0.1) is 5.41 Å². The van der Waals surface area contributed by atoms with Gasteiger partial charge >= 0.3 is 0 Å². The van der Waals surface area contributed by atoms with Crippen molar-refractivity contribution in [2.75, 3.05) is 13.1 Å². The average Bonchev–Trinajstić information content (AvgIpc) is 3.26. The Morgan fingerprint density at radius 3 is 2.43 bits per heavy atom. The molecule has 1 fully saturated rings. The van der Waals surface area contributed by atoms with Crippen LogP contribution in [-0.2, 0) is 16.0 Å². The molecular weight excluding hydrogens is 288 g/mol. The predicted octanol–water partition coefficient (Wildman–Crippen LogP) is 2.31. The van der Waals surface area contributed by atoms with Crippen LogP contribution in [-0.4, -0.2) is 24.9 Å². The fourth-order valence-electron chi connectivity index (χ4n) is 2.27. The molecule has 1 aromatic rings. The highest BCUT2D eigenvalue weighted by molar-refractivity contribution is 6.30. The number of nitrogens with one attached hydrogen (secondary N) is 2. The van der Waals surface area contributed by atoms with Crippen LogP contribution < -0.4 is 10.6 Å². The minimum absolute atomic E-state index is 0.135. The molecule has 0 unspecified atom stereocenters. The molecule has 1 aliphatic carbocycles. The SMILES string of the molecule is CCCNC(=O)C1(C(=O)NCCc2cccc(Cl)c2)CC1. The fourth-order valence-corrected chi connectivity index (χ4v) is 2.48. The molecule has 1 saturated carbocycles. The number of carbonyl (C=O) groups excluding carboxylic acids is 2. The molecule has 114 valence electrons. The summed E-state index contributed by atoms with van der Waals surface area (Å²) in [6, 6.07) is 7.56. The van der Waals surface area contributed by atoms with Crippen molar-refractivity contribution < 1.29 is 9.59 Å². The monoisotopic (exact) mass is 308 g/mol. The molecule has 2 N–H and O–H groups in total. The van der Waals surface area contributed by atoms with Crippen LogP contribution in [0.2, 0.25) is 5.02 Å². The van der Waals surface area contributed by atoms with Gasteiger partial charge < -0.3 is 10.6 Å². The van der Waals surface area contributed by atoms with E-state index in [-0.39, 0.29) is 11.8 Å². The maximum absolute atomic E-state index is 12.2. The smallest absolute Gasteiger partial charge is 0.235 e. The van der Waals surface area contributed by atoms with Crippen molar-refractivity contribution in [1.82, 2.24) is 10.6 Å². The van der Waals surface area contributed by atoms with Crippen LogP contribution >= 0.6 is 11.6 Å². The Labute approximate surface area is 130 Å². The summed E-state index contributed by atoms with van der Waals surface area (Å²) in [5.41, 5.74) is 0.256. The number of rotatable bonds is 7. The Balaban J connectivity index is 1.80. The van der Waals surface area contributed by atoms with E-state index in [1.54, 1.807) is 0 Å². The third kappa shape index (κ3) is 3.97. The van der Waals surface area contributed by atoms with Crippen molar-refractivity contribution in [3.8, 4) is 0 Å².